The second-order valence-corrected chi connectivity index (χ2v) is 4.11. The minimum atomic E-state index is 0.0754. The number of hydrogen-bond acceptors (Lipinski definition) is 3. The summed E-state index contributed by atoms with van der Waals surface area (Å²) >= 11 is 1.22. The Morgan fingerprint density at radius 3 is 2.79 bits per heavy atom. The van der Waals surface area contributed by atoms with E-state index in [4.69, 9.17) is 0 Å². The molecule has 0 saturated heterocycles. The Hall–Kier alpha value is -0.900. The molecule has 0 aliphatic carbocycles. The highest BCUT2D eigenvalue weighted by Gasteiger charge is 2.03. The molecule has 1 rings (SSSR count). The molecule has 0 bridgehead atoms. The van der Waals surface area contributed by atoms with Crippen molar-refractivity contribution in [1.29, 1.82) is 0 Å². The van der Waals surface area contributed by atoms with Gasteiger partial charge in [0, 0.05) is 30.5 Å². The largest absolute Gasteiger partial charge is 0.307 e. The molecule has 0 aromatic carbocycles. The second kappa shape index (κ2) is 5.10. The van der Waals surface area contributed by atoms with E-state index in [9.17, 15) is 9.59 Å². The van der Waals surface area contributed by atoms with Crippen molar-refractivity contribution in [2.24, 2.45) is 0 Å². The molecule has 1 heterocycles. The Morgan fingerprint density at radius 1 is 1.57 bits per heavy atom. The average molecular weight is 213 g/mol. The Bertz CT molecular complexity index is 364. The predicted octanol–water partition coefficient (Wildman–Crippen LogP) is 1.98. The molecule has 78 valence electrons. The molecule has 0 unspecified atom stereocenters. The molecule has 0 aliphatic rings. The van der Waals surface area contributed by atoms with Crippen LogP contribution in [0.1, 0.15) is 31.9 Å². The molecule has 1 aromatic heterocycles. The summed E-state index contributed by atoms with van der Waals surface area (Å²) in [6, 6.07) is 0. The summed E-state index contributed by atoms with van der Waals surface area (Å²) in [6.45, 7) is 4.45. The average Bonchev–Trinajstić information content (AvgIpc) is 2.48. The van der Waals surface area contributed by atoms with Gasteiger partial charge in [-0.3, -0.25) is 9.59 Å². The van der Waals surface area contributed by atoms with E-state index >= 15 is 0 Å². The molecule has 0 N–H and O–H groups in total. The van der Waals surface area contributed by atoms with E-state index < -0.39 is 0 Å². The van der Waals surface area contributed by atoms with Crippen LogP contribution in [0.2, 0.25) is 0 Å². The highest BCUT2D eigenvalue weighted by atomic mass is 32.1. The Balaban J connectivity index is 2.46. The number of rotatable bonds is 5. The molecule has 0 radical (unpaired) electrons. The van der Waals surface area contributed by atoms with Crippen molar-refractivity contribution in [3.8, 4) is 0 Å². The van der Waals surface area contributed by atoms with Crippen LogP contribution in [0.5, 0.6) is 0 Å². The van der Waals surface area contributed by atoms with Crippen molar-refractivity contribution >= 4 is 17.1 Å². The van der Waals surface area contributed by atoms with E-state index in [2.05, 4.69) is 0 Å². The fourth-order valence-electron chi connectivity index (χ4n) is 1.29. The smallest absolute Gasteiger partial charge is 0.303 e. The van der Waals surface area contributed by atoms with Crippen molar-refractivity contribution in [2.75, 3.05) is 0 Å². The van der Waals surface area contributed by atoms with Crippen molar-refractivity contribution < 1.29 is 4.79 Å². The lowest BCUT2D eigenvalue weighted by atomic mass is 10.2. The summed E-state index contributed by atoms with van der Waals surface area (Å²) in [4.78, 5) is 22.4. The summed E-state index contributed by atoms with van der Waals surface area (Å²) in [5, 5.41) is 1.85. The molecule has 4 heteroatoms. The van der Waals surface area contributed by atoms with E-state index in [0.29, 0.717) is 19.4 Å². The Labute approximate surface area is 87.4 Å². The van der Waals surface area contributed by atoms with Gasteiger partial charge in [0.05, 0.1) is 0 Å². The lowest BCUT2D eigenvalue weighted by molar-refractivity contribution is -0.118. The summed E-state index contributed by atoms with van der Waals surface area (Å²) < 4.78 is 1.73. The number of carbonyl (C=O) groups excluding carboxylic acids is 1. The molecular formula is C10H15NO2S. The number of carbonyl (C=O) groups is 1. The minimum absolute atomic E-state index is 0.0754. The van der Waals surface area contributed by atoms with Gasteiger partial charge in [0.25, 0.3) is 0 Å². The monoisotopic (exact) mass is 213 g/mol. The van der Waals surface area contributed by atoms with Crippen molar-refractivity contribution in [1.82, 2.24) is 4.57 Å². The zero-order valence-corrected chi connectivity index (χ0v) is 9.39. The molecular weight excluding hydrogens is 198 g/mol. The summed E-state index contributed by atoms with van der Waals surface area (Å²) in [6.07, 6.45) is 1.94. The lowest BCUT2D eigenvalue weighted by Gasteiger charge is -2.02. The van der Waals surface area contributed by atoms with Crippen LogP contribution in [0.3, 0.4) is 0 Å². The number of hydrogen-bond donors (Lipinski definition) is 0. The molecule has 3 nitrogen and oxygen atoms in total. The third-order valence-corrected chi connectivity index (χ3v) is 3.09. The second-order valence-electron chi connectivity index (χ2n) is 3.29. The molecule has 0 fully saturated rings. The van der Waals surface area contributed by atoms with Gasteiger partial charge in [-0.25, -0.2) is 0 Å². The molecule has 0 aliphatic heterocycles. The van der Waals surface area contributed by atoms with Crippen LogP contribution in [0.4, 0.5) is 0 Å². The quantitative estimate of drug-likeness (QED) is 0.750. The Morgan fingerprint density at radius 2 is 2.29 bits per heavy atom. The van der Waals surface area contributed by atoms with Gasteiger partial charge in [0.1, 0.15) is 5.78 Å². The van der Waals surface area contributed by atoms with Crippen molar-refractivity contribution in [3.05, 3.63) is 20.7 Å². The SMILES string of the molecule is CCC(=O)CCCn1c(C)csc1=O. The minimum Gasteiger partial charge on any atom is -0.303 e. The zero-order chi connectivity index (χ0) is 10.6. The third-order valence-electron chi connectivity index (χ3n) is 2.21. The molecule has 0 saturated carbocycles. The molecule has 0 atom stereocenters. The predicted molar refractivity (Wildman–Crippen MR) is 57.8 cm³/mol. The maximum atomic E-state index is 11.3. The maximum Gasteiger partial charge on any atom is 0.307 e. The van der Waals surface area contributed by atoms with Gasteiger partial charge in [-0.2, -0.15) is 0 Å². The number of ketones is 1. The van der Waals surface area contributed by atoms with E-state index in [1.807, 2.05) is 19.2 Å². The van der Waals surface area contributed by atoms with E-state index in [1.54, 1.807) is 4.57 Å². The lowest BCUT2D eigenvalue weighted by Crippen LogP contribution is -2.15. The fraction of sp³-hybridized carbons (Fsp3) is 0.600. The highest BCUT2D eigenvalue weighted by Crippen LogP contribution is 2.03. The van der Waals surface area contributed by atoms with Crippen LogP contribution >= 0.6 is 11.3 Å². The van der Waals surface area contributed by atoms with Gasteiger partial charge in [0.15, 0.2) is 0 Å². The molecule has 1 aromatic rings. The summed E-state index contributed by atoms with van der Waals surface area (Å²) in [5.41, 5.74) is 0.990. The number of Topliss-reactive ketones (excluding diaryl/α,β-unsaturated/α-hetero) is 1. The van der Waals surface area contributed by atoms with E-state index in [1.165, 1.54) is 11.3 Å². The first-order valence-electron chi connectivity index (χ1n) is 4.81. The van der Waals surface area contributed by atoms with Crippen LogP contribution < -0.4 is 4.87 Å². The zero-order valence-electron chi connectivity index (χ0n) is 8.58. The van der Waals surface area contributed by atoms with Gasteiger partial charge in [-0.1, -0.05) is 18.3 Å². The van der Waals surface area contributed by atoms with Crippen LogP contribution in [0.25, 0.3) is 0 Å². The van der Waals surface area contributed by atoms with Gasteiger partial charge < -0.3 is 4.57 Å². The first-order valence-corrected chi connectivity index (χ1v) is 5.69. The molecule has 0 spiro atoms. The van der Waals surface area contributed by atoms with E-state index in [-0.39, 0.29) is 10.7 Å². The Kier molecular flexibility index (Phi) is 4.07. The van der Waals surface area contributed by atoms with Crippen molar-refractivity contribution in [3.63, 3.8) is 0 Å². The van der Waals surface area contributed by atoms with Crippen LogP contribution in [0.15, 0.2) is 10.2 Å². The number of nitrogens with zero attached hydrogens (tertiary/aromatic N) is 1. The van der Waals surface area contributed by atoms with Crippen LogP contribution in [0, 0.1) is 6.92 Å². The summed E-state index contributed by atoms with van der Waals surface area (Å²) in [7, 11) is 0. The standard InChI is InChI=1S/C10H15NO2S/c1-3-9(12)5-4-6-11-8(2)7-14-10(11)13/h7H,3-6H2,1-2H3. The summed E-state index contributed by atoms with van der Waals surface area (Å²) in [5.74, 6) is 0.269. The van der Waals surface area contributed by atoms with Gasteiger partial charge in [-0.05, 0) is 13.3 Å². The number of thiazole rings is 1. The molecule has 14 heavy (non-hydrogen) atoms. The van der Waals surface area contributed by atoms with Crippen molar-refractivity contribution in [2.45, 2.75) is 39.7 Å². The first-order chi connectivity index (χ1) is 6.65. The topological polar surface area (TPSA) is 39.1 Å². The maximum absolute atomic E-state index is 11.3. The van der Waals surface area contributed by atoms with Gasteiger partial charge in [0.2, 0.25) is 0 Å². The number of aryl methyl sites for hydroxylation is 1. The van der Waals surface area contributed by atoms with E-state index in [0.717, 1.165) is 12.1 Å². The third kappa shape index (κ3) is 2.80. The highest BCUT2D eigenvalue weighted by molar-refractivity contribution is 7.07. The van der Waals surface area contributed by atoms with Crippen LogP contribution in [-0.2, 0) is 11.3 Å². The van der Waals surface area contributed by atoms with Gasteiger partial charge in [-0.15, -0.1) is 0 Å². The normalized spacial score (nSPS) is 10.4. The number of aromatic nitrogens is 1. The van der Waals surface area contributed by atoms with Gasteiger partial charge >= 0.3 is 4.87 Å². The molecule has 0 amide bonds. The first kappa shape index (κ1) is 11.2. The fourth-order valence-corrected chi connectivity index (χ4v) is 2.05. The van der Waals surface area contributed by atoms with Crippen LogP contribution in [-0.4, -0.2) is 10.4 Å².